The number of nitrogens with one attached hydrogen (secondary N) is 2. The molecule has 1 aromatic rings. The van der Waals surface area contributed by atoms with E-state index in [2.05, 4.69) is 20.6 Å². The monoisotopic (exact) mass is 363 g/mol. The van der Waals surface area contributed by atoms with Gasteiger partial charge in [0.15, 0.2) is 5.96 Å². The zero-order valence-electron chi connectivity index (χ0n) is 14.2. The van der Waals surface area contributed by atoms with Crippen LogP contribution in [0.25, 0.3) is 0 Å². The third-order valence-corrected chi connectivity index (χ3v) is 4.80. The van der Waals surface area contributed by atoms with E-state index in [1.54, 1.807) is 11.3 Å². The molecule has 2 N–H and O–H groups in total. The molecule has 0 spiro atoms. The second-order valence-corrected chi connectivity index (χ2v) is 7.20. The summed E-state index contributed by atoms with van der Waals surface area (Å²) in [7, 11) is 0. The van der Waals surface area contributed by atoms with Crippen LogP contribution in [0.5, 0.6) is 0 Å². The molecule has 0 saturated carbocycles. The average Bonchev–Trinajstić information content (AvgIpc) is 3.01. The van der Waals surface area contributed by atoms with Crippen molar-refractivity contribution in [2.45, 2.75) is 46.0 Å². The molecule has 1 saturated heterocycles. The normalized spacial score (nSPS) is 19.8. The number of likely N-dealkylation sites (tertiary alicyclic amines) is 1. The molecule has 1 fully saturated rings. The molecule has 0 aliphatic carbocycles. The fourth-order valence-corrected chi connectivity index (χ4v) is 3.59. The van der Waals surface area contributed by atoms with Crippen LogP contribution in [0, 0.1) is 13.8 Å². The molecule has 5 nitrogen and oxygen atoms in total. The number of alkyl halides is 3. The summed E-state index contributed by atoms with van der Waals surface area (Å²) in [4.78, 5) is 11.5. The zero-order chi connectivity index (χ0) is 17.7. The molecular formula is C15H24F3N5S. The minimum absolute atomic E-state index is 0.0190. The van der Waals surface area contributed by atoms with Gasteiger partial charge in [0.25, 0.3) is 0 Å². The van der Waals surface area contributed by atoms with E-state index in [0.717, 1.165) is 15.6 Å². The minimum Gasteiger partial charge on any atom is -0.357 e. The van der Waals surface area contributed by atoms with E-state index in [9.17, 15) is 13.2 Å². The minimum atomic E-state index is -4.14. The molecule has 1 aliphatic heterocycles. The van der Waals surface area contributed by atoms with Crippen molar-refractivity contribution in [2.24, 2.45) is 4.99 Å². The largest absolute Gasteiger partial charge is 0.401 e. The van der Waals surface area contributed by atoms with E-state index in [1.807, 2.05) is 20.8 Å². The Labute approximate surface area is 144 Å². The fraction of sp³-hybridized carbons (Fsp3) is 0.733. The van der Waals surface area contributed by atoms with Crippen LogP contribution in [0.15, 0.2) is 4.99 Å². The Morgan fingerprint density at radius 2 is 2.17 bits per heavy atom. The van der Waals surface area contributed by atoms with Crippen LogP contribution in [0.2, 0.25) is 0 Å². The molecule has 0 amide bonds. The quantitative estimate of drug-likeness (QED) is 0.623. The lowest BCUT2D eigenvalue weighted by atomic mass is 10.3. The smallest absolute Gasteiger partial charge is 0.357 e. The molecule has 0 bridgehead atoms. The van der Waals surface area contributed by atoms with Crippen LogP contribution in [0.1, 0.15) is 28.9 Å². The van der Waals surface area contributed by atoms with Gasteiger partial charge in [0, 0.05) is 30.6 Å². The van der Waals surface area contributed by atoms with Gasteiger partial charge >= 0.3 is 6.18 Å². The summed E-state index contributed by atoms with van der Waals surface area (Å²) in [6.45, 7) is 7.08. The molecule has 1 aliphatic rings. The summed E-state index contributed by atoms with van der Waals surface area (Å²) < 4.78 is 37.4. The molecule has 1 aromatic heterocycles. The number of aromatic nitrogens is 1. The number of guanidine groups is 1. The SMILES string of the molecule is CCNC(=NCc1sc(C)nc1C)NC1CCN(CC(F)(F)F)C1. The van der Waals surface area contributed by atoms with Crippen LogP contribution >= 0.6 is 11.3 Å². The number of thiazole rings is 1. The van der Waals surface area contributed by atoms with Gasteiger partial charge < -0.3 is 10.6 Å². The van der Waals surface area contributed by atoms with E-state index < -0.39 is 12.7 Å². The maximum Gasteiger partial charge on any atom is 0.401 e. The van der Waals surface area contributed by atoms with Crippen LogP contribution in [0.3, 0.4) is 0 Å². The lowest BCUT2D eigenvalue weighted by Crippen LogP contribution is -2.45. The highest BCUT2D eigenvalue weighted by Gasteiger charge is 2.34. The van der Waals surface area contributed by atoms with Gasteiger partial charge in [-0.1, -0.05) is 0 Å². The highest BCUT2D eigenvalue weighted by atomic mass is 32.1. The Morgan fingerprint density at radius 3 is 2.75 bits per heavy atom. The second kappa shape index (κ2) is 8.15. The summed E-state index contributed by atoms with van der Waals surface area (Å²) in [5.74, 6) is 0.641. The number of hydrogen-bond acceptors (Lipinski definition) is 4. The highest BCUT2D eigenvalue weighted by Crippen LogP contribution is 2.20. The molecule has 9 heteroatoms. The van der Waals surface area contributed by atoms with Crippen molar-refractivity contribution in [3.8, 4) is 0 Å². The number of aliphatic imine (C=N–C) groups is 1. The van der Waals surface area contributed by atoms with Crippen LogP contribution in [0.4, 0.5) is 13.2 Å². The molecule has 2 rings (SSSR count). The highest BCUT2D eigenvalue weighted by molar-refractivity contribution is 7.11. The van der Waals surface area contributed by atoms with E-state index in [1.165, 1.54) is 4.90 Å². The maximum absolute atomic E-state index is 12.5. The Balaban J connectivity index is 1.91. The van der Waals surface area contributed by atoms with Gasteiger partial charge in [-0.05, 0) is 27.2 Å². The summed E-state index contributed by atoms with van der Waals surface area (Å²) in [5, 5.41) is 7.40. The first-order valence-corrected chi connectivity index (χ1v) is 8.85. The number of rotatable bonds is 5. The van der Waals surface area contributed by atoms with Gasteiger partial charge in [-0.15, -0.1) is 11.3 Å². The predicted molar refractivity (Wildman–Crippen MR) is 90.4 cm³/mol. The molecule has 1 unspecified atom stereocenters. The first-order chi connectivity index (χ1) is 11.3. The fourth-order valence-electron chi connectivity index (χ4n) is 2.73. The Hall–Kier alpha value is -1.35. The topological polar surface area (TPSA) is 52.6 Å². The van der Waals surface area contributed by atoms with Gasteiger partial charge in [-0.25, -0.2) is 9.98 Å². The maximum atomic E-state index is 12.5. The van der Waals surface area contributed by atoms with E-state index in [0.29, 0.717) is 38.6 Å². The second-order valence-electron chi connectivity index (χ2n) is 5.92. The Bertz CT molecular complexity index is 570. The third-order valence-electron chi connectivity index (χ3n) is 3.74. The molecule has 2 heterocycles. The number of nitrogens with zero attached hydrogens (tertiary/aromatic N) is 3. The molecule has 136 valence electrons. The van der Waals surface area contributed by atoms with E-state index in [4.69, 9.17) is 0 Å². The van der Waals surface area contributed by atoms with Crippen molar-refractivity contribution >= 4 is 17.3 Å². The first-order valence-electron chi connectivity index (χ1n) is 8.03. The number of hydrogen-bond donors (Lipinski definition) is 2. The summed E-state index contributed by atoms with van der Waals surface area (Å²) >= 11 is 1.62. The van der Waals surface area contributed by atoms with Gasteiger partial charge in [-0.2, -0.15) is 13.2 Å². The molecule has 24 heavy (non-hydrogen) atoms. The summed E-state index contributed by atoms with van der Waals surface area (Å²) in [5.41, 5.74) is 0.981. The molecule has 0 radical (unpaired) electrons. The van der Waals surface area contributed by atoms with Crippen LogP contribution in [-0.2, 0) is 6.54 Å². The summed E-state index contributed by atoms with van der Waals surface area (Å²) in [6.07, 6.45) is -3.46. The third kappa shape index (κ3) is 5.94. The standard InChI is InChI=1S/C15H24F3N5S/c1-4-19-14(20-7-13-10(2)21-11(3)24-13)22-12-5-6-23(8-12)9-15(16,17)18/h12H,4-9H2,1-3H3,(H2,19,20,22). The molecule has 1 atom stereocenters. The van der Waals surface area contributed by atoms with Crippen molar-refractivity contribution in [3.63, 3.8) is 0 Å². The zero-order valence-corrected chi connectivity index (χ0v) is 15.0. The number of aryl methyl sites for hydroxylation is 2. The Morgan fingerprint density at radius 1 is 1.42 bits per heavy atom. The van der Waals surface area contributed by atoms with Gasteiger partial charge in [-0.3, -0.25) is 4.90 Å². The first kappa shape index (κ1) is 19.0. The lowest BCUT2D eigenvalue weighted by Gasteiger charge is -2.19. The molecular weight excluding hydrogens is 339 g/mol. The average molecular weight is 363 g/mol. The van der Waals surface area contributed by atoms with Crippen molar-refractivity contribution in [1.82, 2.24) is 20.5 Å². The van der Waals surface area contributed by atoms with Crippen molar-refractivity contribution < 1.29 is 13.2 Å². The van der Waals surface area contributed by atoms with E-state index >= 15 is 0 Å². The Kier molecular flexibility index (Phi) is 6.45. The summed E-state index contributed by atoms with van der Waals surface area (Å²) in [6, 6.07) is -0.0190. The van der Waals surface area contributed by atoms with Crippen molar-refractivity contribution in [1.29, 1.82) is 0 Å². The van der Waals surface area contributed by atoms with E-state index in [-0.39, 0.29) is 6.04 Å². The predicted octanol–water partition coefficient (Wildman–Crippen LogP) is 2.45. The van der Waals surface area contributed by atoms with Crippen molar-refractivity contribution in [2.75, 3.05) is 26.2 Å². The van der Waals surface area contributed by atoms with Gasteiger partial charge in [0.1, 0.15) is 0 Å². The van der Waals surface area contributed by atoms with Gasteiger partial charge in [0.05, 0.1) is 23.8 Å². The lowest BCUT2D eigenvalue weighted by molar-refractivity contribution is -0.143. The van der Waals surface area contributed by atoms with Crippen molar-refractivity contribution in [3.05, 3.63) is 15.6 Å². The molecule has 0 aromatic carbocycles. The van der Waals surface area contributed by atoms with Gasteiger partial charge in [0.2, 0.25) is 0 Å². The number of halogens is 3. The van der Waals surface area contributed by atoms with Crippen LogP contribution < -0.4 is 10.6 Å². The van der Waals surface area contributed by atoms with Crippen LogP contribution in [-0.4, -0.2) is 54.2 Å².